The number of hydrogen-bond acceptors (Lipinski definition) is 5. The van der Waals surface area contributed by atoms with Gasteiger partial charge in [-0.1, -0.05) is 0 Å². The van der Waals surface area contributed by atoms with Crippen LogP contribution in [-0.2, 0) is 0 Å². The second-order valence-electron chi connectivity index (χ2n) is 2.70. The smallest absolute Gasteiger partial charge is 0.220 e. The van der Waals surface area contributed by atoms with E-state index in [4.69, 9.17) is 11.0 Å². The molecule has 74 valence electrons. The maximum atomic E-state index is 13.3. The van der Waals surface area contributed by atoms with E-state index in [0.717, 1.165) is 17.5 Å². The summed E-state index contributed by atoms with van der Waals surface area (Å²) in [6.07, 6.45) is 1.02. The minimum atomic E-state index is -0.546. The number of hydrogen-bond donors (Lipinski definition) is 1. The highest BCUT2D eigenvalue weighted by Crippen LogP contribution is 2.28. The molecule has 0 saturated heterocycles. The molecule has 0 radical (unpaired) electrons. The standard InChI is InChI=1S/C9H5FN4S/c10-6-4-13-9(12)14-8(6)7-2-1-5(3-11)15-7/h1-2,4H,(H2,12,13,14). The number of thiophene rings is 1. The molecule has 0 aliphatic heterocycles. The predicted octanol–water partition coefficient (Wildman–Crippen LogP) is 1.80. The van der Waals surface area contributed by atoms with Gasteiger partial charge in [-0.2, -0.15) is 5.26 Å². The molecule has 0 aliphatic carbocycles. The van der Waals surface area contributed by atoms with E-state index in [1.807, 2.05) is 6.07 Å². The first-order chi connectivity index (χ1) is 7.20. The van der Waals surface area contributed by atoms with Gasteiger partial charge in [0.1, 0.15) is 16.6 Å². The van der Waals surface area contributed by atoms with Crippen LogP contribution >= 0.6 is 11.3 Å². The van der Waals surface area contributed by atoms with Gasteiger partial charge in [0.25, 0.3) is 0 Å². The van der Waals surface area contributed by atoms with Crippen molar-refractivity contribution in [2.24, 2.45) is 0 Å². The van der Waals surface area contributed by atoms with Gasteiger partial charge < -0.3 is 5.73 Å². The third-order valence-corrected chi connectivity index (χ3v) is 2.71. The zero-order valence-electron chi connectivity index (χ0n) is 7.44. The Kier molecular flexibility index (Phi) is 2.31. The highest BCUT2D eigenvalue weighted by Gasteiger charge is 2.10. The number of nitrogens with two attached hydrogens (primary N) is 1. The molecule has 0 saturated carbocycles. The molecule has 0 bridgehead atoms. The monoisotopic (exact) mass is 220 g/mol. The number of nitrogens with zero attached hydrogens (tertiary/aromatic N) is 3. The van der Waals surface area contributed by atoms with E-state index in [9.17, 15) is 4.39 Å². The van der Waals surface area contributed by atoms with Crippen molar-refractivity contribution in [2.45, 2.75) is 0 Å². The fraction of sp³-hybridized carbons (Fsp3) is 0. The van der Waals surface area contributed by atoms with Crippen LogP contribution in [-0.4, -0.2) is 9.97 Å². The summed E-state index contributed by atoms with van der Waals surface area (Å²) in [5.41, 5.74) is 5.49. The van der Waals surface area contributed by atoms with Crippen molar-refractivity contribution in [3.05, 3.63) is 29.0 Å². The average Bonchev–Trinajstić information content (AvgIpc) is 2.70. The first-order valence-corrected chi connectivity index (χ1v) is 4.80. The van der Waals surface area contributed by atoms with Gasteiger partial charge >= 0.3 is 0 Å². The van der Waals surface area contributed by atoms with Gasteiger partial charge in [-0.05, 0) is 12.1 Å². The normalized spacial score (nSPS) is 9.87. The number of rotatable bonds is 1. The Morgan fingerprint density at radius 2 is 2.27 bits per heavy atom. The van der Waals surface area contributed by atoms with Crippen LogP contribution in [0.3, 0.4) is 0 Å². The van der Waals surface area contributed by atoms with Crippen LogP contribution < -0.4 is 5.73 Å². The summed E-state index contributed by atoms with van der Waals surface area (Å²) in [5, 5.41) is 8.63. The fourth-order valence-electron chi connectivity index (χ4n) is 1.08. The van der Waals surface area contributed by atoms with Crippen molar-refractivity contribution >= 4 is 17.3 Å². The molecule has 2 N–H and O–H groups in total. The van der Waals surface area contributed by atoms with E-state index >= 15 is 0 Å². The molecule has 4 nitrogen and oxygen atoms in total. The van der Waals surface area contributed by atoms with Crippen LogP contribution in [0.25, 0.3) is 10.6 Å². The van der Waals surface area contributed by atoms with Crippen molar-refractivity contribution in [3.63, 3.8) is 0 Å². The van der Waals surface area contributed by atoms with E-state index in [0.29, 0.717) is 9.75 Å². The van der Waals surface area contributed by atoms with E-state index < -0.39 is 5.82 Å². The molecule has 0 aromatic carbocycles. The number of nitriles is 1. The van der Waals surface area contributed by atoms with Crippen molar-refractivity contribution in [3.8, 4) is 16.6 Å². The van der Waals surface area contributed by atoms with Crippen LogP contribution in [0, 0.1) is 17.1 Å². The molecule has 2 heterocycles. The van der Waals surface area contributed by atoms with Crippen molar-refractivity contribution in [1.82, 2.24) is 9.97 Å². The maximum absolute atomic E-state index is 13.3. The predicted molar refractivity (Wildman–Crippen MR) is 54.4 cm³/mol. The van der Waals surface area contributed by atoms with E-state index in [2.05, 4.69) is 9.97 Å². The lowest BCUT2D eigenvalue weighted by atomic mass is 10.3. The quantitative estimate of drug-likeness (QED) is 0.795. The van der Waals surface area contributed by atoms with Crippen molar-refractivity contribution in [2.75, 3.05) is 5.73 Å². The second kappa shape index (κ2) is 3.63. The third kappa shape index (κ3) is 1.78. The molecule has 2 rings (SSSR count). The summed E-state index contributed by atoms with van der Waals surface area (Å²) in [4.78, 5) is 8.38. The van der Waals surface area contributed by atoms with Gasteiger partial charge in [0.15, 0.2) is 5.82 Å². The zero-order chi connectivity index (χ0) is 10.8. The first-order valence-electron chi connectivity index (χ1n) is 3.99. The van der Waals surface area contributed by atoms with Gasteiger partial charge in [-0.25, -0.2) is 14.4 Å². The molecule has 15 heavy (non-hydrogen) atoms. The molecular formula is C9H5FN4S. The molecule has 0 atom stereocenters. The minimum absolute atomic E-state index is 0.0123. The summed E-state index contributed by atoms with van der Waals surface area (Å²) in [5.74, 6) is -0.533. The van der Waals surface area contributed by atoms with Crippen LogP contribution in [0.1, 0.15) is 4.88 Å². The maximum Gasteiger partial charge on any atom is 0.220 e. The Labute approximate surface area is 88.8 Å². The number of anilines is 1. The topological polar surface area (TPSA) is 75.6 Å². The van der Waals surface area contributed by atoms with Crippen LogP contribution in [0.2, 0.25) is 0 Å². The van der Waals surface area contributed by atoms with Crippen LogP contribution in [0.4, 0.5) is 10.3 Å². The van der Waals surface area contributed by atoms with Crippen LogP contribution in [0.15, 0.2) is 18.3 Å². The summed E-state index contributed by atoms with van der Waals surface area (Å²) < 4.78 is 13.3. The van der Waals surface area contributed by atoms with Gasteiger partial charge in [0.05, 0.1) is 11.1 Å². The molecule has 6 heteroatoms. The molecule has 2 aromatic rings. The molecule has 0 fully saturated rings. The summed E-state index contributed by atoms with van der Waals surface area (Å²) in [7, 11) is 0. The lowest BCUT2D eigenvalue weighted by molar-refractivity contribution is 0.619. The molecule has 0 unspecified atom stereocenters. The lowest BCUT2D eigenvalue weighted by Gasteiger charge is -1.98. The molecule has 0 aliphatic rings. The van der Waals surface area contributed by atoms with Crippen molar-refractivity contribution in [1.29, 1.82) is 5.26 Å². The molecule has 2 aromatic heterocycles. The lowest BCUT2D eigenvalue weighted by Crippen LogP contribution is -1.97. The molecular weight excluding hydrogens is 215 g/mol. The Morgan fingerprint density at radius 3 is 2.93 bits per heavy atom. The Bertz CT molecular complexity index is 543. The third-order valence-electron chi connectivity index (χ3n) is 1.71. The van der Waals surface area contributed by atoms with Gasteiger partial charge in [-0.15, -0.1) is 11.3 Å². The van der Waals surface area contributed by atoms with E-state index in [1.54, 1.807) is 12.1 Å². The number of nitrogen functional groups attached to an aromatic ring is 1. The zero-order valence-corrected chi connectivity index (χ0v) is 8.25. The summed E-state index contributed by atoms with van der Waals surface area (Å²) in [6.45, 7) is 0. The molecule has 0 amide bonds. The number of halogens is 1. The van der Waals surface area contributed by atoms with Gasteiger partial charge in [-0.3, -0.25) is 0 Å². The summed E-state index contributed by atoms with van der Waals surface area (Å²) >= 11 is 1.16. The molecule has 0 spiro atoms. The van der Waals surface area contributed by atoms with Crippen LogP contribution in [0.5, 0.6) is 0 Å². The SMILES string of the molecule is N#Cc1ccc(-c2nc(N)ncc2F)s1. The number of aromatic nitrogens is 2. The Balaban J connectivity index is 2.54. The largest absolute Gasteiger partial charge is 0.368 e. The average molecular weight is 220 g/mol. The first kappa shape index (κ1) is 9.55. The van der Waals surface area contributed by atoms with E-state index in [1.165, 1.54) is 0 Å². The highest BCUT2D eigenvalue weighted by atomic mass is 32.1. The van der Waals surface area contributed by atoms with Gasteiger partial charge in [0, 0.05) is 0 Å². The second-order valence-corrected chi connectivity index (χ2v) is 3.78. The summed E-state index contributed by atoms with van der Waals surface area (Å²) in [6, 6.07) is 5.21. The highest BCUT2D eigenvalue weighted by molar-refractivity contribution is 7.15. The van der Waals surface area contributed by atoms with Gasteiger partial charge in [0.2, 0.25) is 5.95 Å². The fourth-order valence-corrected chi connectivity index (χ4v) is 1.87. The Hall–Kier alpha value is -2.00. The minimum Gasteiger partial charge on any atom is -0.368 e. The van der Waals surface area contributed by atoms with Crippen molar-refractivity contribution < 1.29 is 4.39 Å². The van der Waals surface area contributed by atoms with E-state index in [-0.39, 0.29) is 11.6 Å². The Morgan fingerprint density at radius 1 is 1.47 bits per heavy atom.